The fourth-order valence-corrected chi connectivity index (χ4v) is 2.89. The summed E-state index contributed by atoms with van der Waals surface area (Å²) in [5, 5.41) is 0.648. The number of halogens is 1. The van der Waals surface area contributed by atoms with Crippen molar-refractivity contribution in [2.24, 2.45) is 4.99 Å². The molecule has 2 rings (SSSR count). The van der Waals surface area contributed by atoms with Gasteiger partial charge in [-0.3, -0.25) is 0 Å². The van der Waals surface area contributed by atoms with Gasteiger partial charge in [0, 0.05) is 30.6 Å². The van der Waals surface area contributed by atoms with Crippen molar-refractivity contribution in [2.45, 2.75) is 27.2 Å². The van der Waals surface area contributed by atoms with Crippen LogP contribution in [0.25, 0.3) is 11.3 Å². The Morgan fingerprint density at radius 1 is 1.29 bits per heavy atom. The number of aromatic nitrogens is 1. The fraction of sp³-hybridized carbons (Fsp3) is 0.300. The molecule has 0 atom stereocenters. The summed E-state index contributed by atoms with van der Waals surface area (Å²) in [4.78, 5) is 11.3. The van der Waals surface area contributed by atoms with Crippen LogP contribution >= 0.6 is 11.6 Å². The summed E-state index contributed by atoms with van der Waals surface area (Å²) in [5.74, 6) is 0.710. The fourth-order valence-electron chi connectivity index (χ4n) is 2.57. The minimum atomic E-state index is 0.648. The van der Waals surface area contributed by atoms with E-state index in [-0.39, 0.29) is 0 Å². The van der Waals surface area contributed by atoms with Gasteiger partial charge in [0.1, 0.15) is 0 Å². The van der Waals surface area contributed by atoms with Crippen LogP contribution in [0.3, 0.4) is 0 Å². The Kier molecular flexibility index (Phi) is 6.56. The minimum absolute atomic E-state index is 0.648. The van der Waals surface area contributed by atoms with E-state index in [1.54, 1.807) is 6.21 Å². The number of hydrogen-bond acceptors (Lipinski definition) is 3. The van der Waals surface area contributed by atoms with Crippen LogP contribution in [-0.2, 0) is 0 Å². The minimum Gasteiger partial charge on any atom is -0.372 e. The second kappa shape index (κ2) is 8.65. The smallest absolute Gasteiger partial charge is 0.155 e. The summed E-state index contributed by atoms with van der Waals surface area (Å²) in [5.41, 5.74) is 3.93. The van der Waals surface area contributed by atoms with Gasteiger partial charge in [-0.1, -0.05) is 29.8 Å². The summed E-state index contributed by atoms with van der Waals surface area (Å²) >= 11 is 6.40. The monoisotopic (exact) mass is 341 g/mol. The van der Waals surface area contributed by atoms with Gasteiger partial charge in [-0.2, -0.15) is 0 Å². The average Bonchev–Trinajstić information content (AvgIpc) is 2.59. The number of pyridine rings is 1. The molecule has 4 heteroatoms. The van der Waals surface area contributed by atoms with E-state index in [0.29, 0.717) is 10.8 Å². The molecule has 0 aliphatic heterocycles. The third-order valence-corrected chi connectivity index (χ3v) is 4.17. The molecule has 0 saturated carbocycles. The highest BCUT2D eigenvalue weighted by atomic mass is 35.5. The predicted molar refractivity (Wildman–Crippen MR) is 106 cm³/mol. The van der Waals surface area contributed by atoms with Gasteiger partial charge in [0.25, 0.3) is 0 Å². The molecule has 3 nitrogen and oxygen atoms in total. The van der Waals surface area contributed by atoms with E-state index < -0.39 is 0 Å². The first-order valence-corrected chi connectivity index (χ1v) is 8.60. The van der Waals surface area contributed by atoms with Crippen LogP contribution in [0.5, 0.6) is 0 Å². The van der Waals surface area contributed by atoms with Gasteiger partial charge < -0.3 is 4.90 Å². The maximum absolute atomic E-state index is 6.40. The molecule has 0 amide bonds. The van der Waals surface area contributed by atoms with Crippen molar-refractivity contribution < 1.29 is 0 Å². The molecule has 0 spiro atoms. The quantitative estimate of drug-likeness (QED) is 0.468. The molecular weight excluding hydrogens is 318 g/mol. The highest BCUT2D eigenvalue weighted by Crippen LogP contribution is 2.31. The Bertz CT molecular complexity index is 720. The molecule has 0 fully saturated rings. The van der Waals surface area contributed by atoms with Gasteiger partial charge in [0.05, 0.1) is 10.7 Å². The number of benzene rings is 1. The number of rotatable bonds is 7. The SMILES string of the molecule is C=CCCN(CC)c1ccc(-c2nc(/N=C/C)c(C)cc2Cl)cc1. The standard InChI is InChI=1S/C20H24ClN3/c1-5-8-13-24(7-3)17-11-9-16(10-12-17)19-18(21)14-15(4)20(23-19)22-6-2/h5-6,9-12,14H,1,7-8,13H2,2-4H3/b22-6+. The topological polar surface area (TPSA) is 28.5 Å². The van der Waals surface area contributed by atoms with Gasteiger partial charge in [0.2, 0.25) is 0 Å². The lowest BCUT2D eigenvalue weighted by atomic mass is 10.1. The van der Waals surface area contributed by atoms with Gasteiger partial charge in [-0.25, -0.2) is 9.98 Å². The molecule has 0 radical (unpaired) electrons. The predicted octanol–water partition coefficient (Wildman–Crippen LogP) is 5.84. The molecule has 0 aliphatic rings. The third-order valence-electron chi connectivity index (χ3n) is 3.88. The second-order valence-corrected chi connectivity index (χ2v) is 5.96. The van der Waals surface area contributed by atoms with E-state index in [9.17, 15) is 0 Å². The number of nitrogens with zero attached hydrogens (tertiary/aromatic N) is 3. The summed E-state index contributed by atoms with van der Waals surface area (Å²) in [6, 6.07) is 10.3. The van der Waals surface area contributed by atoms with Gasteiger partial charge in [-0.05, 0) is 51.0 Å². The van der Waals surface area contributed by atoms with Crippen LogP contribution in [0.15, 0.2) is 48.0 Å². The summed E-state index contributed by atoms with van der Waals surface area (Å²) in [6.45, 7) is 11.7. The summed E-state index contributed by atoms with van der Waals surface area (Å²) in [6.07, 6.45) is 4.66. The van der Waals surface area contributed by atoms with Crippen molar-refractivity contribution >= 4 is 29.3 Å². The molecule has 1 heterocycles. The molecule has 24 heavy (non-hydrogen) atoms. The molecule has 0 saturated heterocycles. The van der Waals surface area contributed by atoms with Crippen LogP contribution in [0.1, 0.15) is 25.8 Å². The molecule has 0 unspecified atom stereocenters. The van der Waals surface area contributed by atoms with Crippen molar-refractivity contribution in [2.75, 3.05) is 18.0 Å². The van der Waals surface area contributed by atoms with Crippen LogP contribution in [0, 0.1) is 6.92 Å². The van der Waals surface area contributed by atoms with Crippen molar-refractivity contribution in [3.63, 3.8) is 0 Å². The van der Waals surface area contributed by atoms with Crippen LogP contribution in [0.4, 0.5) is 11.5 Å². The van der Waals surface area contributed by atoms with Crippen LogP contribution in [0.2, 0.25) is 5.02 Å². The van der Waals surface area contributed by atoms with E-state index in [2.05, 4.69) is 52.6 Å². The summed E-state index contributed by atoms with van der Waals surface area (Å²) < 4.78 is 0. The van der Waals surface area contributed by atoms with Crippen molar-refractivity contribution in [3.05, 3.63) is 53.6 Å². The largest absolute Gasteiger partial charge is 0.372 e. The first-order valence-electron chi connectivity index (χ1n) is 8.22. The molecular formula is C20H24ClN3. The Morgan fingerprint density at radius 3 is 2.58 bits per heavy atom. The average molecular weight is 342 g/mol. The third kappa shape index (κ3) is 4.24. The summed E-state index contributed by atoms with van der Waals surface area (Å²) in [7, 11) is 0. The van der Waals surface area contributed by atoms with Crippen LogP contribution < -0.4 is 4.90 Å². The lowest BCUT2D eigenvalue weighted by Crippen LogP contribution is -2.23. The first kappa shape index (κ1) is 18.2. The number of aliphatic imine (C=N–C) groups is 1. The van der Waals surface area contributed by atoms with E-state index in [4.69, 9.17) is 11.6 Å². The van der Waals surface area contributed by atoms with E-state index >= 15 is 0 Å². The normalized spacial score (nSPS) is 11.0. The number of hydrogen-bond donors (Lipinski definition) is 0. The molecule has 0 aliphatic carbocycles. The van der Waals surface area contributed by atoms with Crippen molar-refractivity contribution in [1.82, 2.24) is 4.98 Å². The second-order valence-electron chi connectivity index (χ2n) is 5.55. The lowest BCUT2D eigenvalue weighted by Gasteiger charge is -2.22. The zero-order valence-corrected chi connectivity index (χ0v) is 15.3. The zero-order valence-electron chi connectivity index (χ0n) is 14.6. The molecule has 1 aromatic heterocycles. The van der Waals surface area contributed by atoms with Crippen molar-refractivity contribution in [1.29, 1.82) is 0 Å². The highest BCUT2D eigenvalue weighted by Gasteiger charge is 2.10. The van der Waals surface area contributed by atoms with Gasteiger partial charge in [0.15, 0.2) is 5.82 Å². The number of aryl methyl sites for hydroxylation is 1. The molecule has 1 aromatic carbocycles. The van der Waals surface area contributed by atoms with Crippen LogP contribution in [-0.4, -0.2) is 24.3 Å². The van der Waals surface area contributed by atoms with E-state index in [1.165, 1.54) is 5.69 Å². The lowest BCUT2D eigenvalue weighted by molar-refractivity contribution is 0.823. The van der Waals surface area contributed by atoms with Gasteiger partial charge in [-0.15, -0.1) is 6.58 Å². The molecule has 126 valence electrons. The Labute approximate surface area is 149 Å². The maximum atomic E-state index is 6.40. The van der Waals surface area contributed by atoms with E-state index in [1.807, 2.05) is 26.0 Å². The van der Waals surface area contributed by atoms with Gasteiger partial charge >= 0.3 is 0 Å². The first-order chi connectivity index (χ1) is 11.6. The maximum Gasteiger partial charge on any atom is 0.155 e. The highest BCUT2D eigenvalue weighted by molar-refractivity contribution is 6.33. The zero-order chi connectivity index (χ0) is 17.5. The Balaban J connectivity index is 2.33. The Hall–Kier alpha value is -2.13. The molecule has 0 N–H and O–H groups in total. The Morgan fingerprint density at radius 2 is 2.00 bits per heavy atom. The van der Waals surface area contributed by atoms with E-state index in [0.717, 1.165) is 36.3 Å². The number of anilines is 1. The molecule has 2 aromatic rings. The molecule has 0 bridgehead atoms. The van der Waals surface area contributed by atoms with Crippen molar-refractivity contribution in [3.8, 4) is 11.3 Å².